The highest BCUT2D eigenvalue weighted by atomic mass is 16.4. The first-order valence-corrected chi connectivity index (χ1v) is 7.85. The summed E-state index contributed by atoms with van der Waals surface area (Å²) in [6, 6.07) is 4.30. The van der Waals surface area contributed by atoms with Gasteiger partial charge < -0.3 is 15.0 Å². The zero-order chi connectivity index (χ0) is 15.1. The van der Waals surface area contributed by atoms with E-state index in [4.69, 9.17) is 5.11 Å². The van der Waals surface area contributed by atoms with E-state index in [1.54, 1.807) is 0 Å². The molecule has 1 aromatic rings. The van der Waals surface area contributed by atoms with Crippen LogP contribution in [0.25, 0.3) is 0 Å². The lowest BCUT2D eigenvalue weighted by Crippen LogP contribution is -2.29. The molecule has 1 saturated carbocycles. The highest BCUT2D eigenvalue weighted by molar-refractivity contribution is 5.92. The molecule has 0 atom stereocenters. The van der Waals surface area contributed by atoms with E-state index in [0.29, 0.717) is 19.0 Å². The first-order chi connectivity index (χ1) is 10.2. The number of hydrogen-bond donors (Lipinski definition) is 2. The van der Waals surface area contributed by atoms with Crippen LogP contribution in [-0.2, 0) is 4.79 Å². The molecule has 0 spiro atoms. The molecule has 1 heterocycles. The van der Waals surface area contributed by atoms with Crippen LogP contribution in [0.4, 0.5) is 0 Å². The quantitative estimate of drug-likeness (QED) is 0.687. The van der Waals surface area contributed by atoms with Crippen LogP contribution in [-0.4, -0.2) is 28.1 Å². The van der Waals surface area contributed by atoms with E-state index in [1.165, 1.54) is 19.3 Å². The van der Waals surface area contributed by atoms with Gasteiger partial charge in [-0.3, -0.25) is 9.59 Å². The smallest absolute Gasteiger partial charge is 0.303 e. The Balaban J connectivity index is 1.63. The van der Waals surface area contributed by atoms with E-state index >= 15 is 0 Å². The molecule has 1 aliphatic carbocycles. The Morgan fingerprint density at radius 1 is 1.24 bits per heavy atom. The van der Waals surface area contributed by atoms with Crippen molar-refractivity contribution in [2.75, 3.05) is 6.54 Å². The summed E-state index contributed by atoms with van der Waals surface area (Å²) < 4.78 is 2.09. The van der Waals surface area contributed by atoms with Crippen LogP contribution in [0, 0.1) is 0 Å². The van der Waals surface area contributed by atoms with Gasteiger partial charge in [-0.2, -0.15) is 0 Å². The minimum atomic E-state index is -0.736. The van der Waals surface area contributed by atoms with Crippen LogP contribution in [0.3, 0.4) is 0 Å². The maximum absolute atomic E-state index is 12.1. The van der Waals surface area contributed by atoms with Crippen LogP contribution < -0.4 is 5.32 Å². The van der Waals surface area contributed by atoms with Gasteiger partial charge in [-0.05, 0) is 44.2 Å². The Hall–Kier alpha value is -1.78. The molecule has 1 amide bonds. The fourth-order valence-electron chi connectivity index (χ4n) is 2.62. The van der Waals surface area contributed by atoms with Crippen LogP contribution in [0.5, 0.6) is 0 Å². The van der Waals surface area contributed by atoms with Gasteiger partial charge in [0.1, 0.15) is 5.69 Å². The predicted molar refractivity (Wildman–Crippen MR) is 80.4 cm³/mol. The molecule has 5 nitrogen and oxygen atoms in total. The average molecular weight is 292 g/mol. The van der Waals surface area contributed by atoms with Gasteiger partial charge >= 0.3 is 5.97 Å². The molecule has 2 rings (SSSR count). The second-order valence-electron chi connectivity index (χ2n) is 5.70. The fraction of sp³-hybridized carbons (Fsp3) is 0.625. The first-order valence-electron chi connectivity index (χ1n) is 7.85. The molecule has 1 aliphatic rings. The van der Waals surface area contributed by atoms with Gasteiger partial charge in [0.25, 0.3) is 5.91 Å². The molecular weight excluding hydrogens is 268 g/mol. The number of rotatable bonds is 9. The molecule has 0 saturated heterocycles. The van der Waals surface area contributed by atoms with E-state index in [9.17, 15) is 9.59 Å². The number of carbonyl (C=O) groups is 2. The number of nitrogens with zero attached hydrogens (tertiary/aromatic N) is 1. The van der Waals surface area contributed by atoms with Crippen molar-refractivity contribution in [3.63, 3.8) is 0 Å². The van der Waals surface area contributed by atoms with Crippen LogP contribution >= 0.6 is 0 Å². The summed E-state index contributed by atoms with van der Waals surface area (Å²) in [4.78, 5) is 22.5. The number of amides is 1. The minimum absolute atomic E-state index is 0.00237. The molecule has 1 aromatic heterocycles. The standard InChI is InChI=1S/C16H24N2O3/c19-15(20)10-3-1-2-4-11-17-16(21)14-9-6-12-18(14)13-7-5-8-13/h6,9,12-13H,1-5,7-8,10-11H2,(H,17,21)(H,19,20). The van der Waals surface area contributed by atoms with E-state index in [0.717, 1.165) is 25.0 Å². The van der Waals surface area contributed by atoms with Gasteiger partial charge in [0.15, 0.2) is 0 Å². The van der Waals surface area contributed by atoms with Gasteiger partial charge in [0.05, 0.1) is 0 Å². The Bertz CT molecular complexity index is 478. The third-order valence-corrected chi connectivity index (χ3v) is 4.08. The van der Waals surface area contributed by atoms with Gasteiger partial charge in [-0.1, -0.05) is 12.8 Å². The monoisotopic (exact) mass is 292 g/mol. The number of unbranched alkanes of at least 4 members (excludes halogenated alkanes) is 3. The number of carboxylic acids is 1. The number of carboxylic acid groups (broad SMARTS) is 1. The fourth-order valence-corrected chi connectivity index (χ4v) is 2.62. The Morgan fingerprint density at radius 3 is 2.67 bits per heavy atom. The molecule has 0 bridgehead atoms. The molecule has 1 fully saturated rings. The second-order valence-corrected chi connectivity index (χ2v) is 5.70. The minimum Gasteiger partial charge on any atom is -0.481 e. The number of carbonyl (C=O) groups excluding carboxylic acids is 1. The second kappa shape index (κ2) is 7.86. The molecule has 21 heavy (non-hydrogen) atoms. The highest BCUT2D eigenvalue weighted by Crippen LogP contribution is 2.32. The van der Waals surface area contributed by atoms with Crippen LogP contribution in [0.1, 0.15) is 67.9 Å². The summed E-state index contributed by atoms with van der Waals surface area (Å²) in [7, 11) is 0. The van der Waals surface area contributed by atoms with Crippen molar-refractivity contribution in [1.82, 2.24) is 9.88 Å². The third kappa shape index (κ3) is 4.62. The Kier molecular flexibility index (Phi) is 5.84. The average Bonchev–Trinajstić information content (AvgIpc) is 2.84. The van der Waals surface area contributed by atoms with Crippen LogP contribution in [0.15, 0.2) is 18.3 Å². The van der Waals surface area contributed by atoms with E-state index in [-0.39, 0.29) is 12.3 Å². The van der Waals surface area contributed by atoms with Crippen molar-refractivity contribution >= 4 is 11.9 Å². The highest BCUT2D eigenvalue weighted by Gasteiger charge is 2.22. The molecule has 116 valence electrons. The summed E-state index contributed by atoms with van der Waals surface area (Å²) in [5.41, 5.74) is 0.755. The molecular formula is C16H24N2O3. The van der Waals surface area contributed by atoms with E-state index in [2.05, 4.69) is 9.88 Å². The summed E-state index contributed by atoms with van der Waals surface area (Å²) in [5, 5.41) is 11.5. The largest absolute Gasteiger partial charge is 0.481 e. The molecule has 0 aromatic carbocycles. The van der Waals surface area contributed by atoms with Crippen LogP contribution in [0.2, 0.25) is 0 Å². The van der Waals surface area contributed by atoms with Crippen molar-refractivity contribution in [3.05, 3.63) is 24.0 Å². The van der Waals surface area contributed by atoms with Crippen molar-refractivity contribution in [2.24, 2.45) is 0 Å². The maximum Gasteiger partial charge on any atom is 0.303 e. The third-order valence-electron chi connectivity index (χ3n) is 4.08. The summed E-state index contributed by atoms with van der Waals surface area (Å²) in [5.74, 6) is -0.738. The molecule has 0 aliphatic heterocycles. The Morgan fingerprint density at radius 2 is 2.00 bits per heavy atom. The topological polar surface area (TPSA) is 71.3 Å². The number of aliphatic carboxylic acids is 1. The van der Waals surface area contributed by atoms with E-state index < -0.39 is 5.97 Å². The zero-order valence-electron chi connectivity index (χ0n) is 12.4. The summed E-state index contributed by atoms with van der Waals surface area (Å²) >= 11 is 0. The molecule has 5 heteroatoms. The molecule has 2 N–H and O–H groups in total. The van der Waals surface area contributed by atoms with Crippen molar-refractivity contribution < 1.29 is 14.7 Å². The lowest BCUT2D eigenvalue weighted by molar-refractivity contribution is -0.137. The summed E-state index contributed by atoms with van der Waals surface area (Å²) in [6.07, 6.45) is 9.28. The van der Waals surface area contributed by atoms with Crippen molar-refractivity contribution in [3.8, 4) is 0 Å². The zero-order valence-corrected chi connectivity index (χ0v) is 12.4. The molecule has 0 radical (unpaired) electrons. The number of nitrogens with one attached hydrogen (secondary N) is 1. The number of hydrogen-bond acceptors (Lipinski definition) is 2. The van der Waals surface area contributed by atoms with Gasteiger partial charge in [-0.25, -0.2) is 0 Å². The lowest BCUT2D eigenvalue weighted by atomic mass is 9.93. The SMILES string of the molecule is O=C(O)CCCCCCNC(=O)c1cccn1C1CCC1. The van der Waals surface area contributed by atoms with E-state index in [1.807, 2.05) is 18.3 Å². The predicted octanol–water partition coefficient (Wildman–Crippen LogP) is 2.98. The summed E-state index contributed by atoms with van der Waals surface area (Å²) in [6.45, 7) is 0.655. The first kappa shape index (κ1) is 15.6. The van der Waals surface area contributed by atoms with Crippen molar-refractivity contribution in [1.29, 1.82) is 0 Å². The van der Waals surface area contributed by atoms with Crippen molar-refractivity contribution in [2.45, 2.75) is 57.4 Å². The lowest BCUT2D eigenvalue weighted by Gasteiger charge is -2.28. The molecule has 0 unspecified atom stereocenters. The van der Waals surface area contributed by atoms with Gasteiger partial charge in [0.2, 0.25) is 0 Å². The maximum atomic E-state index is 12.1. The van der Waals surface area contributed by atoms with Gasteiger partial charge in [0, 0.05) is 25.2 Å². The Labute approximate surface area is 125 Å². The van der Waals surface area contributed by atoms with Gasteiger partial charge in [-0.15, -0.1) is 0 Å². The number of aromatic nitrogens is 1. The normalized spacial score (nSPS) is 14.7.